The number of imidazole rings is 1. The number of urea groups is 1. The predicted molar refractivity (Wildman–Crippen MR) is 127 cm³/mol. The van der Waals surface area contributed by atoms with Crippen LogP contribution in [-0.2, 0) is 6.42 Å². The van der Waals surface area contributed by atoms with Crippen molar-refractivity contribution in [2.45, 2.75) is 31.8 Å². The molecule has 4 rings (SSSR count). The fourth-order valence-corrected chi connectivity index (χ4v) is 3.82. The molecule has 0 fully saturated rings. The largest absolute Gasteiger partial charge is 0.497 e. The van der Waals surface area contributed by atoms with Gasteiger partial charge in [0.15, 0.2) is 0 Å². The fourth-order valence-electron chi connectivity index (χ4n) is 3.82. The van der Waals surface area contributed by atoms with Crippen LogP contribution in [0, 0.1) is 0 Å². The number of hydrogen-bond acceptors (Lipinski definition) is 3. The van der Waals surface area contributed by atoms with Gasteiger partial charge in [0.05, 0.1) is 30.2 Å². The molecule has 4 aromatic rings. The number of para-hydroxylation sites is 2. The summed E-state index contributed by atoms with van der Waals surface area (Å²) in [7, 11) is 1.65. The Kier molecular flexibility index (Phi) is 6.70. The molecule has 3 aromatic carbocycles. The quantitative estimate of drug-likeness (QED) is 0.356. The van der Waals surface area contributed by atoms with Crippen molar-refractivity contribution in [1.82, 2.24) is 20.6 Å². The molecule has 0 saturated heterocycles. The van der Waals surface area contributed by atoms with E-state index in [0.717, 1.165) is 40.2 Å². The van der Waals surface area contributed by atoms with Crippen LogP contribution in [0.5, 0.6) is 5.75 Å². The summed E-state index contributed by atoms with van der Waals surface area (Å²) >= 11 is 0. The third-order valence-corrected chi connectivity index (χ3v) is 5.56. The lowest BCUT2D eigenvalue weighted by Crippen LogP contribution is -2.40. The summed E-state index contributed by atoms with van der Waals surface area (Å²) < 4.78 is 5.26. The second-order valence-corrected chi connectivity index (χ2v) is 7.73. The Morgan fingerprint density at radius 1 is 0.938 bits per heavy atom. The van der Waals surface area contributed by atoms with E-state index in [0.29, 0.717) is 6.42 Å². The minimum atomic E-state index is -0.316. The smallest absolute Gasteiger partial charge is 0.315 e. The number of fused-ring (bicyclic) bond motifs is 1. The van der Waals surface area contributed by atoms with Crippen molar-refractivity contribution in [3.8, 4) is 5.75 Å². The van der Waals surface area contributed by atoms with E-state index in [2.05, 4.69) is 22.5 Å². The van der Waals surface area contributed by atoms with Crippen molar-refractivity contribution < 1.29 is 9.53 Å². The molecule has 6 heteroatoms. The molecular weight excluding hydrogens is 400 g/mol. The van der Waals surface area contributed by atoms with Gasteiger partial charge >= 0.3 is 6.03 Å². The SMILES string of the molecule is CC[C@@H](NC(=O)N[C@H](Cc1ccc(OC)cc1)c1nc2ccccc2[nH]1)c1ccccc1. The highest BCUT2D eigenvalue weighted by atomic mass is 16.5. The van der Waals surface area contributed by atoms with Crippen LogP contribution in [0.15, 0.2) is 78.9 Å². The molecule has 0 saturated carbocycles. The summed E-state index contributed by atoms with van der Waals surface area (Å²) in [6.45, 7) is 2.06. The van der Waals surface area contributed by atoms with Gasteiger partial charge in [0, 0.05) is 0 Å². The van der Waals surface area contributed by atoms with Crippen molar-refractivity contribution >= 4 is 17.1 Å². The Labute approximate surface area is 188 Å². The van der Waals surface area contributed by atoms with Gasteiger partial charge in [-0.3, -0.25) is 0 Å². The van der Waals surface area contributed by atoms with Gasteiger partial charge in [0.1, 0.15) is 11.6 Å². The summed E-state index contributed by atoms with van der Waals surface area (Å²) in [4.78, 5) is 21.1. The number of methoxy groups -OCH3 is 1. The number of H-pyrrole nitrogens is 1. The Morgan fingerprint density at radius 2 is 1.62 bits per heavy atom. The highest BCUT2D eigenvalue weighted by molar-refractivity contribution is 5.76. The minimum Gasteiger partial charge on any atom is -0.497 e. The molecule has 3 N–H and O–H groups in total. The van der Waals surface area contributed by atoms with Crippen molar-refractivity contribution in [3.63, 3.8) is 0 Å². The lowest BCUT2D eigenvalue weighted by Gasteiger charge is -2.22. The van der Waals surface area contributed by atoms with Gasteiger partial charge in [-0.15, -0.1) is 0 Å². The van der Waals surface area contributed by atoms with Crippen molar-refractivity contribution in [3.05, 3.63) is 95.8 Å². The summed E-state index contributed by atoms with van der Waals surface area (Å²) in [5.41, 5.74) is 3.98. The van der Waals surface area contributed by atoms with Gasteiger partial charge in [0.2, 0.25) is 0 Å². The lowest BCUT2D eigenvalue weighted by atomic mass is 10.0. The number of carbonyl (C=O) groups is 1. The average molecular weight is 429 g/mol. The molecule has 0 bridgehead atoms. The standard InChI is InChI=1S/C26H28N4O2/c1-3-21(19-9-5-4-6-10-19)29-26(31)30-24(17-18-13-15-20(32-2)16-14-18)25-27-22-11-7-8-12-23(22)28-25/h4-16,21,24H,3,17H2,1-2H3,(H,27,28)(H2,29,30,31)/t21-,24-/m1/s1. The maximum atomic E-state index is 13.0. The monoisotopic (exact) mass is 428 g/mol. The number of aromatic amines is 1. The summed E-state index contributed by atoms with van der Waals surface area (Å²) in [6, 6.07) is 25.1. The fraction of sp³-hybridized carbons (Fsp3) is 0.231. The number of aromatic nitrogens is 2. The zero-order chi connectivity index (χ0) is 22.3. The van der Waals surface area contributed by atoms with Crippen LogP contribution in [0.4, 0.5) is 4.79 Å². The van der Waals surface area contributed by atoms with Crippen LogP contribution < -0.4 is 15.4 Å². The van der Waals surface area contributed by atoms with Crippen LogP contribution in [-0.4, -0.2) is 23.1 Å². The molecule has 6 nitrogen and oxygen atoms in total. The number of carbonyl (C=O) groups excluding carboxylic acids is 1. The highest BCUT2D eigenvalue weighted by Gasteiger charge is 2.21. The van der Waals surface area contributed by atoms with E-state index >= 15 is 0 Å². The van der Waals surface area contributed by atoms with E-state index in [9.17, 15) is 4.79 Å². The Bertz CT molecular complexity index is 1120. The first-order valence-electron chi connectivity index (χ1n) is 10.9. The molecule has 32 heavy (non-hydrogen) atoms. The third kappa shape index (κ3) is 5.09. The van der Waals surface area contributed by atoms with Crippen LogP contribution in [0.3, 0.4) is 0 Å². The van der Waals surface area contributed by atoms with Crippen LogP contribution in [0.25, 0.3) is 11.0 Å². The van der Waals surface area contributed by atoms with Crippen molar-refractivity contribution in [1.29, 1.82) is 0 Å². The molecule has 0 spiro atoms. The first kappa shape index (κ1) is 21.4. The second-order valence-electron chi connectivity index (χ2n) is 7.73. The summed E-state index contributed by atoms with van der Waals surface area (Å²) in [5, 5.41) is 6.24. The van der Waals surface area contributed by atoms with Gasteiger partial charge < -0.3 is 20.4 Å². The molecule has 2 atom stereocenters. The molecule has 1 heterocycles. The molecular formula is C26H28N4O2. The molecule has 0 unspecified atom stereocenters. The number of hydrogen-bond donors (Lipinski definition) is 3. The highest BCUT2D eigenvalue weighted by Crippen LogP contribution is 2.22. The second kappa shape index (κ2) is 10.0. The number of amides is 2. The number of ether oxygens (including phenoxy) is 1. The van der Waals surface area contributed by atoms with E-state index < -0.39 is 0 Å². The van der Waals surface area contributed by atoms with Crippen LogP contribution >= 0.6 is 0 Å². The van der Waals surface area contributed by atoms with E-state index in [1.54, 1.807) is 7.11 Å². The molecule has 0 aliphatic heterocycles. The first-order valence-corrected chi connectivity index (χ1v) is 10.9. The number of nitrogens with zero attached hydrogens (tertiary/aromatic N) is 1. The van der Waals surface area contributed by atoms with Crippen molar-refractivity contribution in [2.75, 3.05) is 7.11 Å². The molecule has 2 amide bonds. The molecule has 1 aromatic heterocycles. The van der Waals surface area contributed by atoms with E-state index in [-0.39, 0.29) is 18.1 Å². The third-order valence-electron chi connectivity index (χ3n) is 5.56. The van der Waals surface area contributed by atoms with E-state index in [1.165, 1.54) is 0 Å². The van der Waals surface area contributed by atoms with Crippen LogP contribution in [0.1, 0.15) is 42.4 Å². The number of benzene rings is 3. The van der Waals surface area contributed by atoms with Gasteiger partial charge in [-0.1, -0.05) is 61.5 Å². The lowest BCUT2D eigenvalue weighted by molar-refractivity contribution is 0.232. The molecule has 0 radical (unpaired) electrons. The molecule has 164 valence electrons. The van der Waals surface area contributed by atoms with Crippen LogP contribution in [0.2, 0.25) is 0 Å². The zero-order valence-electron chi connectivity index (χ0n) is 18.3. The van der Waals surface area contributed by atoms with Gasteiger partial charge in [-0.2, -0.15) is 0 Å². The zero-order valence-corrected chi connectivity index (χ0v) is 18.3. The predicted octanol–water partition coefficient (Wildman–Crippen LogP) is 5.31. The van der Waals surface area contributed by atoms with E-state index in [4.69, 9.17) is 9.72 Å². The topological polar surface area (TPSA) is 79.0 Å². The summed E-state index contributed by atoms with van der Waals surface area (Å²) in [5.74, 6) is 1.53. The molecule has 0 aliphatic rings. The number of nitrogens with one attached hydrogen (secondary N) is 3. The maximum absolute atomic E-state index is 13.0. The Hall–Kier alpha value is -3.80. The van der Waals surface area contributed by atoms with Crippen molar-refractivity contribution in [2.24, 2.45) is 0 Å². The normalized spacial score (nSPS) is 12.8. The Balaban J connectivity index is 1.55. The summed E-state index contributed by atoms with van der Waals surface area (Å²) in [6.07, 6.45) is 1.39. The number of rotatable bonds is 8. The average Bonchev–Trinajstić information content (AvgIpc) is 3.27. The first-order chi connectivity index (χ1) is 15.7. The maximum Gasteiger partial charge on any atom is 0.315 e. The molecule has 0 aliphatic carbocycles. The Morgan fingerprint density at radius 3 is 2.31 bits per heavy atom. The van der Waals surface area contributed by atoms with Gasteiger partial charge in [0.25, 0.3) is 0 Å². The minimum absolute atomic E-state index is 0.0616. The van der Waals surface area contributed by atoms with E-state index in [1.807, 2.05) is 78.9 Å². The van der Waals surface area contributed by atoms with Gasteiger partial charge in [-0.25, -0.2) is 9.78 Å². The van der Waals surface area contributed by atoms with Gasteiger partial charge in [-0.05, 0) is 48.2 Å².